The molecular weight excluding hydrogens is 244 g/mol. The van der Waals surface area contributed by atoms with E-state index in [2.05, 4.69) is 0 Å². The van der Waals surface area contributed by atoms with Gasteiger partial charge in [0, 0.05) is 12.3 Å². The zero-order valence-electron chi connectivity index (χ0n) is 9.16. The lowest BCUT2D eigenvalue weighted by atomic mass is 10.3. The highest BCUT2D eigenvalue weighted by molar-refractivity contribution is 7.90. The van der Waals surface area contributed by atoms with Crippen molar-refractivity contribution in [2.45, 2.75) is 4.90 Å². The molecule has 5 nitrogen and oxygen atoms in total. The highest BCUT2D eigenvalue weighted by Crippen LogP contribution is 2.15. The second kappa shape index (κ2) is 5.49. The van der Waals surface area contributed by atoms with E-state index in [1.807, 2.05) is 0 Å². The summed E-state index contributed by atoms with van der Waals surface area (Å²) in [6.45, 7) is 0.116. The summed E-state index contributed by atoms with van der Waals surface area (Å²) in [7, 11) is -3.20. The van der Waals surface area contributed by atoms with Gasteiger partial charge in [-0.1, -0.05) is 0 Å². The molecule has 1 aromatic carbocycles. The van der Waals surface area contributed by atoms with Gasteiger partial charge in [-0.05, 0) is 30.3 Å². The maximum Gasteiger partial charge on any atom is 0.328 e. The minimum atomic E-state index is -3.20. The van der Waals surface area contributed by atoms with E-state index < -0.39 is 15.8 Å². The first-order valence-corrected chi connectivity index (χ1v) is 6.61. The van der Waals surface area contributed by atoms with Gasteiger partial charge >= 0.3 is 5.97 Å². The molecule has 0 spiro atoms. The molecule has 1 N–H and O–H groups in total. The van der Waals surface area contributed by atoms with E-state index in [4.69, 9.17) is 9.84 Å². The Morgan fingerprint density at radius 3 is 2.41 bits per heavy atom. The van der Waals surface area contributed by atoms with Crippen LogP contribution in [0.2, 0.25) is 0 Å². The molecule has 0 amide bonds. The van der Waals surface area contributed by atoms with Gasteiger partial charge in [-0.25, -0.2) is 13.2 Å². The quantitative estimate of drug-likeness (QED) is 0.798. The van der Waals surface area contributed by atoms with E-state index in [0.29, 0.717) is 5.75 Å². The number of hydrogen-bond donors (Lipinski definition) is 1. The molecule has 0 aromatic heterocycles. The molecule has 1 aromatic rings. The molecule has 0 aliphatic carbocycles. The van der Waals surface area contributed by atoms with E-state index >= 15 is 0 Å². The lowest BCUT2D eigenvalue weighted by Crippen LogP contribution is -1.98. The number of carboxylic acids is 1. The zero-order chi connectivity index (χ0) is 12.9. The third-order valence-electron chi connectivity index (χ3n) is 1.86. The SMILES string of the molecule is CS(=O)(=O)c1ccc(OC/C=C/C(=O)O)cc1. The van der Waals surface area contributed by atoms with Crippen LogP contribution in [0.1, 0.15) is 0 Å². The molecule has 0 aliphatic heterocycles. The van der Waals surface area contributed by atoms with Gasteiger partial charge in [-0.3, -0.25) is 0 Å². The summed E-state index contributed by atoms with van der Waals surface area (Å²) in [6.07, 6.45) is 3.45. The first-order chi connectivity index (χ1) is 7.89. The van der Waals surface area contributed by atoms with E-state index in [0.717, 1.165) is 12.3 Å². The molecule has 0 unspecified atom stereocenters. The topological polar surface area (TPSA) is 80.7 Å². The van der Waals surface area contributed by atoms with Crippen LogP contribution in [0.25, 0.3) is 0 Å². The molecule has 1 rings (SSSR count). The monoisotopic (exact) mass is 256 g/mol. The molecule has 0 radical (unpaired) electrons. The maximum absolute atomic E-state index is 11.2. The normalized spacial score (nSPS) is 11.6. The summed E-state index contributed by atoms with van der Waals surface area (Å²) in [6, 6.07) is 5.91. The van der Waals surface area contributed by atoms with Crippen molar-refractivity contribution in [3.05, 3.63) is 36.4 Å². The van der Waals surface area contributed by atoms with Gasteiger partial charge in [0.2, 0.25) is 0 Å². The second-order valence-electron chi connectivity index (χ2n) is 3.30. The zero-order valence-corrected chi connectivity index (χ0v) is 9.98. The lowest BCUT2D eigenvalue weighted by Gasteiger charge is -2.03. The molecule has 0 saturated heterocycles. The lowest BCUT2D eigenvalue weighted by molar-refractivity contribution is -0.131. The molecule has 0 saturated carbocycles. The Kier molecular flexibility index (Phi) is 4.28. The molecule has 6 heteroatoms. The van der Waals surface area contributed by atoms with Crippen LogP contribution in [0.4, 0.5) is 0 Å². The average Bonchev–Trinajstić information content (AvgIpc) is 2.23. The van der Waals surface area contributed by atoms with Crippen LogP contribution in [0.15, 0.2) is 41.3 Å². The molecule has 92 valence electrons. The third kappa shape index (κ3) is 4.69. The summed E-state index contributed by atoms with van der Waals surface area (Å²) >= 11 is 0. The van der Waals surface area contributed by atoms with Crippen LogP contribution in [0.5, 0.6) is 5.75 Å². The Hall–Kier alpha value is -1.82. The number of carbonyl (C=O) groups is 1. The minimum absolute atomic E-state index is 0.116. The van der Waals surface area contributed by atoms with E-state index in [1.54, 1.807) is 0 Å². The fourth-order valence-electron chi connectivity index (χ4n) is 1.08. The van der Waals surface area contributed by atoms with Gasteiger partial charge in [0.25, 0.3) is 0 Å². The number of benzene rings is 1. The Balaban J connectivity index is 2.61. The first kappa shape index (κ1) is 13.2. The van der Waals surface area contributed by atoms with Crippen molar-refractivity contribution in [2.75, 3.05) is 12.9 Å². The van der Waals surface area contributed by atoms with Crippen molar-refractivity contribution >= 4 is 15.8 Å². The Morgan fingerprint density at radius 2 is 1.94 bits per heavy atom. The summed E-state index contributed by atoms with van der Waals surface area (Å²) in [4.78, 5) is 10.4. The number of carboxylic acid groups (broad SMARTS) is 1. The molecular formula is C11H12O5S. The van der Waals surface area contributed by atoms with Crippen LogP contribution >= 0.6 is 0 Å². The van der Waals surface area contributed by atoms with E-state index in [1.165, 1.54) is 30.3 Å². The summed E-state index contributed by atoms with van der Waals surface area (Å²) in [5.41, 5.74) is 0. The minimum Gasteiger partial charge on any atom is -0.490 e. The summed E-state index contributed by atoms with van der Waals surface area (Å²) < 4.78 is 27.5. The Morgan fingerprint density at radius 1 is 1.35 bits per heavy atom. The van der Waals surface area contributed by atoms with Crippen molar-refractivity contribution in [1.82, 2.24) is 0 Å². The molecule has 0 aliphatic rings. The number of hydrogen-bond acceptors (Lipinski definition) is 4. The number of rotatable bonds is 5. The van der Waals surface area contributed by atoms with Crippen molar-refractivity contribution in [1.29, 1.82) is 0 Å². The Bertz CT molecular complexity index is 513. The number of sulfone groups is 1. The van der Waals surface area contributed by atoms with E-state index in [-0.39, 0.29) is 11.5 Å². The molecule has 0 fully saturated rings. The maximum atomic E-state index is 11.2. The van der Waals surface area contributed by atoms with Crippen molar-refractivity contribution in [3.63, 3.8) is 0 Å². The summed E-state index contributed by atoms with van der Waals surface area (Å²) in [5, 5.41) is 8.33. The predicted molar refractivity (Wildman–Crippen MR) is 61.8 cm³/mol. The van der Waals surface area contributed by atoms with Gasteiger partial charge in [0.05, 0.1) is 4.90 Å². The first-order valence-electron chi connectivity index (χ1n) is 4.72. The van der Waals surface area contributed by atoms with Gasteiger partial charge in [0.15, 0.2) is 9.84 Å². The molecule has 0 bridgehead atoms. The van der Waals surface area contributed by atoms with Crippen LogP contribution < -0.4 is 4.74 Å². The third-order valence-corrected chi connectivity index (χ3v) is 2.99. The summed E-state index contributed by atoms with van der Waals surface area (Å²) in [5.74, 6) is -0.562. The molecule has 0 heterocycles. The average molecular weight is 256 g/mol. The fourth-order valence-corrected chi connectivity index (χ4v) is 1.71. The smallest absolute Gasteiger partial charge is 0.328 e. The van der Waals surface area contributed by atoms with Gasteiger partial charge in [-0.2, -0.15) is 0 Å². The van der Waals surface area contributed by atoms with Crippen LogP contribution in [-0.4, -0.2) is 32.4 Å². The predicted octanol–water partition coefficient (Wildman–Crippen LogP) is 1.11. The van der Waals surface area contributed by atoms with Crippen LogP contribution in [-0.2, 0) is 14.6 Å². The largest absolute Gasteiger partial charge is 0.490 e. The number of aliphatic carboxylic acids is 1. The fraction of sp³-hybridized carbons (Fsp3) is 0.182. The highest BCUT2D eigenvalue weighted by atomic mass is 32.2. The van der Waals surface area contributed by atoms with Crippen LogP contribution in [0, 0.1) is 0 Å². The standard InChI is InChI=1S/C11H12O5S/c1-17(14,15)10-6-4-9(5-7-10)16-8-2-3-11(12)13/h2-7H,8H2,1H3,(H,12,13)/b3-2+. The molecule has 0 atom stereocenters. The van der Waals surface area contributed by atoms with Crippen molar-refractivity contribution < 1.29 is 23.1 Å². The van der Waals surface area contributed by atoms with E-state index in [9.17, 15) is 13.2 Å². The second-order valence-corrected chi connectivity index (χ2v) is 5.31. The van der Waals surface area contributed by atoms with Gasteiger partial charge in [-0.15, -0.1) is 0 Å². The Labute approximate surface area is 99.3 Å². The highest BCUT2D eigenvalue weighted by Gasteiger charge is 2.05. The van der Waals surface area contributed by atoms with Crippen LogP contribution in [0.3, 0.4) is 0 Å². The molecule has 17 heavy (non-hydrogen) atoms. The van der Waals surface area contributed by atoms with Gasteiger partial charge < -0.3 is 9.84 Å². The van der Waals surface area contributed by atoms with Crippen molar-refractivity contribution in [3.8, 4) is 5.75 Å². The number of ether oxygens (including phenoxy) is 1. The van der Waals surface area contributed by atoms with Gasteiger partial charge in [0.1, 0.15) is 12.4 Å². The van der Waals surface area contributed by atoms with Crippen molar-refractivity contribution in [2.24, 2.45) is 0 Å².